The Kier molecular flexibility index (Phi) is 5.88. The van der Waals surface area contributed by atoms with Crippen LogP contribution < -0.4 is 4.57 Å². The predicted molar refractivity (Wildman–Crippen MR) is 126 cm³/mol. The molecule has 2 unspecified atom stereocenters. The Morgan fingerprint density at radius 3 is 2.86 bits per heavy atom. The van der Waals surface area contributed by atoms with E-state index >= 15 is 0 Å². The van der Waals surface area contributed by atoms with Gasteiger partial charge in [0.25, 0.3) is 5.01 Å². The molecule has 2 atom stereocenters. The minimum Gasteiger partial charge on any atom is -0.497 e. The van der Waals surface area contributed by atoms with Crippen molar-refractivity contribution in [2.75, 3.05) is 14.2 Å². The van der Waals surface area contributed by atoms with Crippen molar-refractivity contribution in [1.82, 2.24) is 4.90 Å². The van der Waals surface area contributed by atoms with E-state index in [2.05, 4.69) is 85.9 Å². The average molecular weight is 426 g/mol. The maximum Gasteiger partial charge on any atom is 0.263 e. The molecule has 4 rings (SSSR count). The first-order valence-electron chi connectivity index (χ1n) is 10.2. The molecule has 0 N–H and O–H groups in total. The fraction of sp³-hybridized carbons (Fsp3) is 0.375. The zero-order valence-electron chi connectivity index (χ0n) is 17.8. The second-order valence-corrected chi connectivity index (χ2v) is 9.79. The van der Waals surface area contributed by atoms with Crippen LogP contribution in [0.5, 0.6) is 0 Å². The second-order valence-electron chi connectivity index (χ2n) is 7.53. The van der Waals surface area contributed by atoms with E-state index in [9.17, 15) is 0 Å². The lowest BCUT2D eigenvalue weighted by Crippen LogP contribution is -2.33. The smallest absolute Gasteiger partial charge is 0.263 e. The van der Waals surface area contributed by atoms with Gasteiger partial charge >= 0.3 is 0 Å². The molecule has 2 heterocycles. The van der Waals surface area contributed by atoms with E-state index in [0.717, 1.165) is 18.7 Å². The van der Waals surface area contributed by atoms with Crippen molar-refractivity contribution in [3.63, 3.8) is 0 Å². The largest absolute Gasteiger partial charge is 0.497 e. The van der Waals surface area contributed by atoms with Gasteiger partial charge in [0, 0.05) is 19.2 Å². The van der Waals surface area contributed by atoms with Crippen LogP contribution in [0, 0.1) is 6.92 Å². The van der Waals surface area contributed by atoms with Crippen LogP contribution >= 0.6 is 23.1 Å². The number of rotatable bonds is 5. The Morgan fingerprint density at radius 2 is 2.14 bits per heavy atom. The number of thiazole rings is 1. The Morgan fingerprint density at radius 1 is 1.31 bits per heavy atom. The molecule has 0 saturated carbocycles. The first-order chi connectivity index (χ1) is 14.0. The number of hydrogen-bond donors (Lipinski definition) is 0. The third kappa shape index (κ3) is 3.90. The number of fused-ring (bicyclic) bond motifs is 2. The molecule has 3 nitrogen and oxygen atoms in total. The molecule has 0 amide bonds. The lowest BCUT2D eigenvalue weighted by atomic mass is 10.1. The van der Waals surface area contributed by atoms with Crippen LogP contribution in [0.15, 0.2) is 58.9 Å². The summed E-state index contributed by atoms with van der Waals surface area (Å²) in [5.74, 6) is 0.954. The number of aromatic nitrogens is 1. The molecule has 0 bridgehead atoms. The lowest BCUT2D eigenvalue weighted by Gasteiger charge is -2.24. The Hall–Kier alpha value is -1.98. The van der Waals surface area contributed by atoms with Gasteiger partial charge in [0.2, 0.25) is 5.52 Å². The highest BCUT2D eigenvalue weighted by molar-refractivity contribution is 8.04. The number of benzene rings is 1. The van der Waals surface area contributed by atoms with Gasteiger partial charge in [0.05, 0.1) is 23.4 Å². The molecule has 2 aliphatic rings. The minimum atomic E-state index is 0.359. The van der Waals surface area contributed by atoms with Crippen molar-refractivity contribution >= 4 is 39.4 Å². The van der Waals surface area contributed by atoms with E-state index < -0.39 is 0 Å². The standard InChI is InChI=1S/C24H29N2OS2/c1-6-17(13-23-25(4)19-15-18(27-5)9-11-21(19)28-23)14-24-26(7-2)20-12-16(3)8-10-22(20)29-24/h8-15,19,21H,6-7H2,1-5H3/q+1. The molecule has 1 aliphatic heterocycles. The first kappa shape index (κ1) is 20.3. The fourth-order valence-electron chi connectivity index (χ4n) is 3.91. The number of methoxy groups -OCH3 is 1. The normalized spacial score (nSPS) is 23.1. The monoisotopic (exact) mass is 425 g/mol. The summed E-state index contributed by atoms with van der Waals surface area (Å²) in [4.78, 5) is 2.38. The first-order valence-corrected chi connectivity index (χ1v) is 11.9. The highest BCUT2D eigenvalue weighted by atomic mass is 32.2. The van der Waals surface area contributed by atoms with E-state index in [4.69, 9.17) is 4.74 Å². The van der Waals surface area contributed by atoms with E-state index in [1.54, 1.807) is 7.11 Å². The molecule has 0 spiro atoms. The SMILES string of the molecule is CCC(=Cc1sc2ccc(C)cc2[n+]1CC)C=C1SC2C=CC(OC)=CC2N1C. The summed E-state index contributed by atoms with van der Waals surface area (Å²) in [6.07, 6.45) is 12.3. The van der Waals surface area contributed by atoms with E-state index in [1.807, 2.05) is 23.1 Å². The van der Waals surface area contributed by atoms with Crippen LogP contribution in [0.4, 0.5) is 0 Å². The van der Waals surface area contributed by atoms with Crippen LogP contribution in [0.2, 0.25) is 0 Å². The number of nitrogens with zero attached hydrogens (tertiary/aromatic N) is 2. The predicted octanol–water partition coefficient (Wildman–Crippen LogP) is 5.67. The average Bonchev–Trinajstić information content (AvgIpc) is 3.23. The van der Waals surface area contributed by atoms with Crippen LogP contribution in [0.1, 0.15) is 30.8 Å². The highest BCUT2D eigenvalue weighted by Crippen LogP contribution is 2.42. The van der Waals surface area contributed by atoms with Gasteiger partial charge in [-0.15, -0.1) is 0 Å². The fourth-order valence-corrected chi connectivity index (χ4v) is 6.44. The summed E-state index contributed by atoms with van der Waals surface area (Å²) in [5, 5.41) is 3.11. The van der Waals surface area contributed by atoms with Crippen molar-refractivity contribution in [1.29, 1.82) is 0 Å². The van der Waals surface area contributed by atoms with Gasteiger partial charge in [-0.1, -0.05) is 42.2 Å². The Bertz CT molecular complexity index is 1040. The molecule has 2 aromatic rings. The van der Waals surface area contributed by atoms with Gasteiger partial charge in [-0.3, -0.25) is 0 Å². The lowest BCUT2D eigenvalue weighted by molar-refractivity contribution is -0.665. The molecule has 1 aromatic carbocycles. The van der Waals surface area contributed by atoms with Crippen molar-refractivity contribution < 1.29 is 9.30 Å². The van der Waals surface area contributed by atoms with Crippen LogP contribution in [0.25, 0.3) is 16.3 Å². The quantitative estimate of drug-likeness (QED) is 0.575. The number of thioether (sulfide) groups is 1. The van der Waals surface area contributed by atoms with E-state index in [-0.39, 0.29) is 0 Å². The van der Waals surface area contributed by atoms with Crippen molar-refractivity contribution in [2.45, 2.75) is 45.0 Å². The summed E-state index contributed by atoms with van der Waals surface area (Å²) >= 11 is 3.82. The number of aryl methyl sites for hydroxylation is 2. The summed E-state index contributed by atoms with van der Waals surface area (Å²) in [7, 11) is 3.93. The van der Waals surface area contributed by atoms with Gasteiger partial charge in [-0.05, 0) is 55.7 Å². The van der Waals surface area contributed by atoms with E-state index in [0.29, 0.717) is 11.3 Å². The molecule has 1 saturated heterocycles. The zero-order valence-corrected chi connectivity index (χ0v) is 19.4. The molecule has 5 heteroatoms. The summed E-state index contributed by atoms with van der Waals surface area (Å²) < 4.78 is 9.22. The third-order valence-corrected chi connectivity index (χ3v) is 8.11. The third-order valence-electron chi connectivity index (χ3n) is 5.64. The van der Waals surface area contributed by atoms with Gasteiger partial charge in [0.15, 0.2) is 0 Å². The van der Waals surface area contributed by atoms with Crippen LogP contribution in [-0.2, 0) is 11.3 Å². The Balaban J connectivity index is 1.68. The second kappa shape index (κ2) is 8.41. The number of allylic oxidation sites excluding steroid dienone is 3. The summed E-state index contributed by atoms with van der Waals surface area (Å²) in [6.45, 7) is 7.62. The summed E-state index contributed by atoms with van der Waals surface area (Å²) in [5.41, 5.74) is 4.02. The highest BCUT2D eigenvalue weighted by Gasteiger charge is 2.35. The molecular formula is C24H29N2OS2+. The molecule has 1 aliphatic carbocycles. The van der Waals surface area contributed by atoms with Crippen LogP contribution in [-0.4, -0.2) is 30.3 Å². The number of ether oxygens (including phenoxy) is 1. The van der Waals surface area contributed by atoms with Crippen molar-refractivity contribution in [3.8, 4) is 0 Å². The Labute approximate surface area is 182 Å². The van der Waals surface area contributed by atoms with Gasteiger partial charge in [-0.2, -0.15) is 4.57 Å². The van der Waals surface area contributed by atoms with Crippen molar-refractivity contribution in [3.05, 3.63) is 69.4 Å². The molecule has 0 radical (unpaired) electrons. The molecular weight excluding hydrogens is 396 g/mol. The van der Waals surface area contributed by atoms with Crippen molar-refractivity contribution in [2.24, 2.45) is 0 Å². The summed E-state index contributed by atoms with van der Waals surface area (Å²) in [6, 6.07) is 7.11. The molecule has 1 fully saturated rings. The topological polar surface area (TPSA) is 16.4 Å². The van der Waals surface area contributed by atoms with Gasteiger partial charge in [-0.25, -0.2) is 0 Å². The number of hydrogen-bond acceptors (Lipinski definition) is 4. The van der Waals surface area contributed by atoms with Crippen LogP contribution in [0.3, 0.4) is 0 Å². The minimum absolute atomic E-state index is 0.359. The molecule has 29 heavy (non-hydrogen) atoms. The van der Waals surface area contributed by atoms with Gasteiger partial charge < -0.3 is 9.64 Å². The number of likely N-dealkylation sites (N-methyl/N-ethyl adjacent to an activating group) is 1. The maximum atomic E-state index is 5.43. The maximum absolute atomic E-state index is 5.43. The zero-order chi connectivity index (χ0) is 20.5. The molecule has 152 valence electrons. The molecule has 1 aromatic heterocycles. The van der Waals surface area contributed by atoms with E-state index in [1.165, 1.54) is 31.4 Å². The van der Waals surface area contributed by atoms with Gasteiger partial charge in [0.1, 0.15) is 17.0 Å².